The van der Waals surface area contributed by atoms with Crippen molar-refractivity contribution in [2.45, 2.75) is 36.2 Å². The SMILES string of the molecule is C=CC(=O)NCCC[N+](C)(C)CC.O=S(=O)([N-]S(=O)(=O)C(F)(F)C(F)(F)F)C(F)(F)C(F)(F)F. The molecule has 204 valence electrons. The summed E-state index contributed by atoms with van der Waals surface area (Å²) in [7, 11) is -10.9. The Bertz CT molecular complexity index is 859. The molecule has 0 heterocycles. The minimum Gasteiger partial charge on any atom is -0.425 e. The Balaban J connectivity index is 0. The first-order valence-corrected chi connectivity index (χ1v) is 11.4. The molecule has 0 fully saturated rings. The van der Waals surface area contributed by atoms with Crippen LogP contribution in [0.3, 0.4) is 0 Å². The zero-order valence-electron chi connectivity index (χ0n) is 17.6. The fraction of sp³-hybridized carbons (Fsp3) is 0.786. The van der Waals surface area contributed by atoms with Crippen molar-refractivity contribution < 1.29 is 70.0 Å². The summed E-state index contributed by atoms with van der Waals surface area (Å²) in [6.07, 6.45) is -11.7. The topological polar surface area (TPSA) is 111 Å². The summed E-state index contributed by atoms with van der Waals surface area (Å²) in [5.74, 6) is -0.0817. The van der Waals surface area contributed by atoms with Gasteiger partial charge in [-0.3, -0.25) is 4.79 Å². The Hall–Kier alpha value is -1.67. The third-order valence-corrected chi connectivity index (χ3v) is 7.11. The molecule has 0 aliphatic rings. The Labute approximate surface area is 188 Å². The van der Waals surface area contributed by atoms with Crippen LogP contribution in [0.1, 0.15) is 13.3 Å². The molecule has 0 radical (unpaired) electrons. The maximum atomic E-state index is 12.3. The van der Waals surface area contributed by atoms with E-state index in [0.29, 0.717) is 4.13 Å². The first-order valence-electron chi connectivity index (χ1n) is 8.57. The van der Waals surface area contributed by atoms with Crippen molar-refractivity contribution in [1.29, 1.82) is 0 Å². The molecule has 0 aromatic heterocycles. The molecular formula is C14H21F10N3O5S2. The highest BCUT2D eigenvalue weighted by Crippen LogP contribution is 2.47. The second-order valence-corrected chi connectivity index (χ2v) is 10.4. The molecule has 34 heavy (non-hydrogen) atoms. The molecule has 0 unspecified atom stereocenters. The minimum atomic E-state index is -7.62. The standard InChI is InChI=1S/C10H20N2O.C4F10NO4S2/c1-5-10(13)11-8-7-9-12(3,4)6-2;5-1(6,7)3(11,12)20(16,17)15-21(18,19)4(13,14)2(8,9)10/h5H,1,6-9H2,2-4H3;/q;-1/p+1. The largest absolute Gasteiger partial charge is 0.467 e. The quantitative estimate of drug-likeness (QED) is 0.190. The van der Waals surface area contributed by atoms with Crippen LogP contribution in [0.15, 0.2) is 12.7 Å². The summed E-state index contributed by atoms with van der Waals surface area (Å²) in [4.78, 5) is 10.8. The highest BCUT2D eigenvalue weighted by molar-refractivity contribution is 8.13. The van der Waals surface area contributed by atoms with Gasteiger partial charge in [-0.15, -0.1) is 0 Å². The lowest BCUT2D eigenvalue weighted by Crippen LogP contribution is -2.48. The summed E-state index contributed by atoms with van der Waals surface area (Å²) in [6.45, 7) is 8.51. The lowest BCUT2D eigenvalue weighted by molar-refractivity contribution is -0.888. The zero-order valence-corrected chi connectivity index (χ0v) is 19.3. The number of halogens is 10. The molecule has 1 amide bonds. The molecule has 0 spiro atoms. The number of rotatable bonds is 10. The van der Waals surface area contributed by atoms with Crippen molar-refractivity contribution >= 4 is 26.0 Å². The molecule has 0 saturated heterocycles. The predicted molar refractivity (Wildman–Crippen MR) is 98.5 cm³/mol. The third kappa shape index (κ3) is 9.17. The number of alkyl halides is 10. The number of nitrogens with zero attached hydrogens (tertiary/aromatic N) is 2. The van der Waals surface area contributed by atoms with E-state index in [1.54, 1.807) is 0 Å². The third-order valence-electron chi connectivity index (χ3n) is 3.79. The van der Waals surface area contributed by atoms with Crippen molar-refractivity contribution in [3.05, 3.63) is 16.8 Å². The number of nitrogens with one attached hydrogen (secondary N) is 1. The normalized spacial score (nSPS) is 14.1. The lowest BCUT2D eigenvalue weighted by atomic mass is 10.3. The highest BCUT2D eigenvalue weighted by atomic mass is 32.3. The van der Waals surface area contributed by atoms with Gasteiger partial charge in [-0.1, -0.05) is 6.58 Å². The number of hydrogen-bond acceptors (Lipinski definition) is 5. The van der Waals surface area contributed by atoms with E-state index in [4.69, 9.17) is 0 Å². The molecule has 20 heteroatoms. The van der Waals surface area contributed by atoms with Crippen LogP contribution in [-0.4, -0.2) is 83.8 Å². The highest BCUT2D eigenvalue weighted by Gasteiger charge is 2.68. The molecular weight excluding hydrogens is 544 g/mol. The average molecular weight is 565 g/mol. The van der Waals surface area contributed by atoms with Crippen molar-refractivity contribution in [2.75, 3.05) is 33.7 Å². The molecule has 8 nitrogen and oxygen atoms in total. The summed E-state index contributed by atoms with van der Waals surface area (Å²) in [5, 5.41) is -11.2. The van der Waals surface area contributed by atoms with Crippen LogP contribution in [0.2, 0.25) is 0 Å². The summed E-state index contributed by atoms with van der Waals surface area (Å²) in [5.41, 5.74) is 0. The van der Waals surface area contributed by atoms with Crippen LogP contribution in [0.4, 0.5) is 43.9 Å². The molecule has 0 aliphatic heterocycles. The van der Waals surface area contributed by atoms with Gasteiger partial charge in [0.2, 0.25) is 5.91 Å². The van der Waals surface area contributed by atoms with E-state index in [2.05, 4.69) is 32.9 Å². The van der Waals surface area contributed by atoms with Gasteiger partial charge in [-0.25, -0.2) is 16.8 Å². The fourth-order valence-corrected chi connectivity index (χ4v) is 3.83. The smallest absolute Gasteiger partial charge is 0.425 e. The number of carbonyl (C=O) groups is 1. The minimum absolute atomic E-state index is 0.0817. The van der Waals surface area contributed by atoms with Gasteiger partial charge in [0.25, 0.3) is 0 Å². The van der Waals surface area contributed by atoms with Crippen molar-refractivity contribution in [2.24, 2.45) is 0 Å². The van der Waals surface area contributed by atoms with E-state index < -0.39 is 42.9 Å². The summed E-state index contributed by atoms with van der Waals surface area (Å²) >= 11 is 0. The van der Waals surface area contributed by atoms with Crippen LogP contribution in [0.25, 0.3) is 4.13 Å². The molecule has 0 atom stereocenters. The van der Waals surface area contributed by atoms with Gasteiger partial charge in [-0.2, -0.15) is 43.9 Å². The van der Waals surface area contributed by atoms with Crippen LogP contribution in [0.5, 0.6) is 0 Å². The van der Waals surface area contributed by atoms with E-state index >= 15 is 0 Å². The molecule has 0 aromatic rings. The molecule has 0 saturated carbocycles. The van der Waals surface area contributed by atoms with Crippen molar-refractivity contribution in [3.63, 3.8) is 0 Å². The first kappa shape index (κ1) is 34.5. The molecule has 0 bridgehead atoms. The van der Waals surface area contributed by atoms with Gasteiger partial charge in [0.1, 0.15) is 0 Å². The Morgan fingerprint density at radius 3 is 1.50 bits per heavy atom. The van der Waals surface area contributed by atoms with Gasteiger partial charge in [-0.05, 0) is 13.0 Å². The van der Waals surface area contributed by atoms with Crippen LogP contribution in [-0.2, 0) is 24.8 Å². The Morgan fingerprint density at radius 1 is 0.882 bits per heavy atom. The number of amides is 1. The van der Waals surface area contributed by atoms with Gasteiger partial charge in [0.15, 0.2) is 20.0 Å². The molecule has 0 aromatic carbocycles. The maximum Gasteiger partial charge on any atom is 0.467 e. The number of carbonyl (C=O) groups excluding carboxylic acids is 1. The number of quaternary nitrogens is 1. The Kier molecular flexibility index (Phi) is 11.5. The van der Waals surface area contributed by atoms with Crippen molar-refractivity contribution in [1.82, 2.24) is 5.32 Å². The molecule has 1 N–H and O–H groups in total. The summed E-state index contributed by atoms with van der Waals surface area (Å²) in [6, 6.07) is 0. The first-order chi connectivity index (χ1) is 14.7. The monoisotopic (exact) mass is 565 g/mol. The van der Waals surface area contributed by atoms with Gasteiger partial charge >= 0.3 is 22.9 Å². The van der Waals surface area contributed by atoms with Gasteiger partial charge < -0.3 is 13.9 Å². The fourth-order valence-electron chi connectivity index (χ4n) is 1.46. The van der Waals surface area contributed by atoms with Gasteiger partial charge in [0.05, 0.1) is 27.2 Å². The maximum absolute atomic E-state index is 12.3. The van der Waals surface area contributed by atoms with Gasteiger partial charge in [0, 0.05) is 13.0 Å². The van der Waals surface area contributed by atoms with E-state index in [1.807, 2.05) is 0 Å². The second-order valence-electron chi connectivity index (χ2n) is 6.88. The number of sulfonamides is 2. The Morgan fingerprint density at radius 2 is 1.24 bits per heavy atom. The molecule has 0 aliphatic carbocycles. The average Bonchev–Trinajstić information content (AvgIpc) is 2.62. The zero-order chi connectivity index (χ0) is 28.0. The van der Waals surface area contributed by atoms with Crippen molar-refractivity contribution in [3.8, 4) is 0 Å². The predicted octanol–water partition coefficient (Wildman–Crippen LogP) is 3.10. The van der Waals surface area contributed by atoms with Crippen LogP contribution < -0.4 is 5.32 Å². The van der Waals surface area contributed by atoms with Crippen LogP contribution >= 0.6 is 0 Å². The van der Waals surface area contributed by atoms with E-state index in [-0.39, 0.29) is 5.91 Å². The molecule has 0 rings (SSSR count). The summed E-state index contributed by atoms with van der Waals surface area (Å²) < 4.78 is 162. The second kappa shape index (κ2) is 11.4. The lowest BCUT2D eigenvalue weighted by Gasteiger charge is -2.31. The van der Waals surface area contributed by atoms with E-state index in [1.165, 1.54) is 6.08 Å². The number of hydrogen-bond donors (Lipinski definition) is 1. The van der Waals surface area contributed by atoms with E-state index in [9.17, 15) is 65.5 Å². The van der Waals surface area contributed by atoms with E-state index in [0.717, 1.165) is 30.5 Å². The van der Waals surface area contributed by atoms with Crippen LogP contribution in [0, 0.1) is 0 Å².